The van der Waals surface area contributed by atoms with Crippen molar-refractivity contribution in [2.75, 3.05) is 19.8 Å². The summed E-state index contributed by atoms with van der Waals surface area (Å²) in [6.45, 7) is 5.53. The van der Waals surface area contributed by atoms with Gasteiger partial charge in [0.05, 0.1) is 11.5 Å². The summed E-state index contributed by atoms with van der Waals surface area (Å²) in [5.74, 6) is 0.798. The molecule has 0 amide bonds. The normalized spacial score (nSPS) is 12.2. The minimum absolute atomic E-state index is 0.0514. The highest BCUT2D eigenvalue weighted by Gasteiger charge is 2.11. The number of non-ortho nitro benzene ring substituents is 1. The van der Waals surface area contributed by atoms with Gasteiger partial charge in [0.2, 0.25) is 0 Å². The van der Waals surface area contributed by atoms with E-state index in [1.807, 2.05) is 13.8 Å². The molecule has 0 saturated heterocycles. The van der Waals surface area contributed by atoms with Crippen LogP contribution < -0.4 is 10.1 Å². The summed E-state index contributed by atoms with van der Waals surface area (Å²) in [4.78, 5) is 10.3. The number of nitro groups is 1. The van der Waals surface area contributed by atoms with E-state index >= 15 is 0 Å². The van der Waals surface area contributed by atoms with E-state index in [-0.39, 0.29) is 18.2 Å². The summed E-state index contributed by atoms with van der Waals surface area (Å²) in [6, 6.07) is 4.57. The van der Waals surface area contributed by atoms with E-state index in [1.54, 1.807) is 6.07 Å². The van der Waals surface area contributed by atoms with Gasteiger partial charge in [-0.25, -0.2) is 0 Å². The van der Waals surface area contributed by atoms with E-state index < -0.39 is 4.92 Å². The number of hydrogen-bond donors (Lipinski definition) is 2. The molecule has 6 heteroatoms. The van der Waals surface area contributed by atoms with Gasteiger partial charge < -0.3 is 15.2 Å². The van der Waals surface area contributed by atoms with Crippen LogP contribution in [0.4, 0.5) is 5.69 Å². The van der Waals surface area contributed by atoms with Gasteiger partial charge in [0, 0.05) is 37.4 Å². The first-order chi connectivity index (χ1) is 9.08. The van der Waals surface area contributed by atoms with Crippen LogP contribution >= 0.6 is 0 Å². The lowest BCUT2D eigenvalue weighted by molar-refractivity contribution is -0.384. The zero-order valence-corrected chi connectivity index (χ0v) is 11.3. The third-order valence-electron chi connectivity index (χ3n) is 2.67. The Balaban J connectivity index is 2.76. The lowest BCUT2D eigenvalue weighted by atomic mass is 10.1. The molecule has 0 saturated carbocycles. The summed E-state index contributed by atoms with van der Waals surface area (Å²) in [7, 11) is 0. The van der Waals surface area contributed by atoms with Crippen LogP contribution in [0.3, 0.4) is 0 Å². The van der Waals surface area contributed by atoms with Crippen molar-refractivity contribution in [3.8, 4) is 5.75 Å². The highest BCUT2D eigenvalue weighted by molar-refractivity contribution is 5.43. The molecular weight excluding hydrogens is 248 g/mol. The van der Waals surface area contributed by atoms with Crippen molar-refractivity contribution in [1.29, 1.82) is 0 Å². The number of aliphatic hydroxyl groups is 1. The summed E-state index contributed by atoms with van der Waals surface area (Å²) < 4.78 is 5.44. The van der Waals surface area contributed by atoms with Gasteiger partial charge in [-0.05, 0) is 18.9 Å². The van der Waals surface area contributed by atoms with E-state index in [0.717, 1.165) is 5.56 Å². The molecule has 0 aliphatic carbocycles. The van der Waals surface area contributed by atoms with Gasteiger partial charge in [0.1, 0.15) is 5.75 Å². The van der Waals surface area contributed by atoms with Crippen LogP contribution in [0.15, 0.2) is 18.2 Å². The summed E-state index contributed by atoms with van der Waals surface area (Å²) in [6.07, 6.45) is 0. The van der Waals surface area contributed by atoms with Gasteiger partial charge >= 0.3 is 0 Å². The quantitative estimate of drug-likeness (QED) is 0.554. The zero-order valence-electron chi connectivity index (χ0n) is 11.3. The number of nitrogens with zero attached hydrogens (tertiary/aromatic N) is 1. The lowest BCUT2D eigenvalue weighted by Gasteiger charge is -2.13. The number of nitrogens with one attached hydrogen (secondary N) is 1. The number of hydrogen-bond acceptors (Lipinski definition) is 5. The van der Waals surface area contributed by atoms with Crippen molar-refractivity contribution in [1.82, 2.24) is 5.32 Å². The van der Waals surface area contributed by atoms with E-state index in [9.17, 15) is 10.1 Å². The molecule has 1 aromatic rings. The van der Waals surface area contributed by atoms with Gasteiger partial charge in [0.15, 0.2) is 0 Å². The van der Waals surface area contributed by atoms with Crippen LogP contribution in [0.5, 0.6) is 5.75 Å². The molecule has 0 fully saturated rings. The van der Waals surface area contributed by atoms with Crippen LogP contribution in [-0.4, -0.2) is 29.8 Å². The van der Waals surface area contributed by atoms with Gasteiger partial charge in [-0.1, -0.05) is 6.92 Å². The number of aliphatic hydroxyl groups excluding tert-OH is 1. The van der Waals surface area contributed by atoms with Crippen molar-refractivity contribution in [3.63, 3.8) is 0 Å². The summed E-state index contributed by atoms with van der Waals surface area (Å²) in [5.41, 5.74) is 0.802. The SMILES string of the molecule is CCOc1ccc([N+](=O)[O-])cc1CNCC(C)CO. The standard InChI is InChI=1S/C13H20N2O4/c1-3-19-13-5-4-12(15(17)18)6-11(13)8-14-7-10(2)9-16/h4-6,10,14,16H,3,7-9H2,1-2H3. The second-order valence-electron chi connectivity index (χ2n) is 4.40. The Hall–Kier alpha value is -1.66. The fourth-order valence-corrected chi connectivity index (χ4v) is 1.63. The molecule has 1 aromatic carbocycles. The second kappa shape index (κ2) is 7.70. The summed E-state index contributed by atoms with van der Waals surface area (Å²) in [5, 5.41) is 22.9. The van der Waals surface area contributed by atoms with Gasteiger partial charge in [0.25, 0.3) is 5.69 Å². The maximum absolute atomic E-state index is 10.8. The third-order valence-corrected chi connectivity index (χ3v) is 2.67. The van der Waals surface area contributed by atoms with Crippen LogP contribution in [-0.2, 0) is 6.54 Å². The molecule has 6 nitrogen and oxygen atoms in total. The van der Waals surface area contributed by atoms with Crippen molar-refractivity contribution >= 4 is 5.69 Å². The highest BCUT2D eigenvalue weighted by atomic mass is 16.6. The predicted molar refractivity (Wildman–Crippen MR) is 72.2 cm³/mol. The number of ether oxygens (including phenoxy) is 1. The molecule has 0 aliphatic rings. The molecular formula is C13H20N2O4. The Morgan fingerprint density at radius 1 is 1.53 bits per heavy atom. The Labute approximate surface area is 112 Å². The Morgan fingerprint density at radius 2 is 2.26 bits per heavy atom. The first-order valence-electron chi connectivity index (χ1n) is 6.30. The maximum Gasteiger partial charge on any atom is 0.270 e. The van der Waals surface area contributed by atoms with Crippen molar-refractivity contribution in [2.24, 2.45) is 5.92 Å². The van der Waals surface area contributed by atoms with E-state index in [4.69, 9.17) is 9.84 Å². The van der Waals surface area contributed by atoms with E-state index in [1.165, 1.54) is 12.1 Å². The molecule has 19 heavy (non-hydrogen) atoms. The number of rotatable bonds is 8. The summed E-state index contributed by atoms with van der Waals surface area (Å²) >= 11 is 0. The minimum atomic E-state index is -0.421. The molecule has 0 aliphatic heterocycles. The van der Waals surface area contributed by atoms with Crippen LogP contribution in [0, 0.1) is 16.0 Å². The Bertz CT molecular complexity index is 423. The zero-order chi connectivity index (χ0) is 14.3. The molecule has 2 N–H and O–H groups in total. The highest BCUT2D eigenvalue weighted by Crippen LogP contribution is 2.24. The third kappa shape index (κ3) is 4.84. The second-order valence-corrected chi connectivity index (χ2v) is 4.40. The Morgan fingerprint density at radius 3 is 2.84 bits per heavy atom. The van der Waals surface area contributed by atoms with Gasteiger partial charge in [-0.2, -0.15) is 0 Å². The molecule has 0 heterocycles. The minimum Gasteiger partial charge on any atom is -0.494 e. The molecule has 0 spiro atoms. The average molecular weight is 268 g/mol. The van der Waals surface area contributed by atoms with Gasteiger partial charge in [-0.15, -0.1) is 0 Å². The molecule has 0 radical (unpaired) electrons. The van der Waals surface area contributed by atoms with Crippen LogP contribution in [0.2, 0.25) is 0 Å². The Kier molecular flexibility index (Phi) is 6.24. The molecule has 1 rings (SSSR count). The van der Waals surface area contributed by atoms with Crippen LogP contribution in [0.1, 0.15) is 19.4 Å². The number of nitro benzene ring substituents is 1. The van der Waals surface area contributed by atoms with Gasteiger partial charge in [-0.3, -0.25) is 10.1 Å². The number of benzene rings is 1. The van der Waals surface area contributed by atoms with E-state index in [2.05, 4.69) is 5.32 Å². The first-order valence-corrected chi connectivity index (χ1v) is 6.30. The van der Waals surface area contributed by atoms with Crippen LogP contribution in [0.25, 0.3) is 0 Å². The maximum atomic E-state index is 10.8. The molecule has 0 bridgehead atoms. The topological polar surface area (TPSA) is 84.6 Å². The molecule has 1 atom stereocenters. The lowest BCUT2D eigenvalue weighted by Crippen LogP contribution is -2.23. The molecule has 1 unspecified atom stereocenters. The monoisotopic (exact) mass is 268 g/mol. The molecule has 106 valence electrons. The molecule has 0 aromatic heterocycles. The van der Waals surface area contributed by atoms with E-state index in [0.29, 0.717) is 25.4 Å². The van der Waals surface area contributed by atoms with Crippen molar-refractivity contribution < 1.29 is 14.8 Å². The predicted octanol–water partition coefficient (Wildman–Crippen LogP) is 1.71. The van der Waals surface area contributed by atoms with Crippen molar-refractivity contribution in [2.45, 2.75) is 20.4 Å². The van der Waals surface area contributed by atoms with Crippen molar-refractivity contribution in [3.05, 3.63) is 33.9 Å². The average Bonchev–Trinajstić information content (AvgIpc) is 2.40. The first kappa shape index (κ1) is 15.4. The smallest absolute Gasteiger partial charge is 0.270 e. The fourth-order valence-electron chi connectivity index (χ4n) is 1.63. The largest absolute Gasteiger partial charge is 0.494 e. The fraction of sp³-hybridized carbons (Fsp3) is 0.538.